The van der Waals surface area contributed by atoms with Crippen molar-refractivity contribution in [2.75, 3.05) is 18.6 Å². The molecule has 2 unspecified atom stereocenters. The van der Waals surface area contributed by atoms with E-state index < -0.39 is 0 Å². The summed E-state index contributed by atoms with van der Waals surface area (Å²) in [5.74, 6) is 1.54. The zero-order valence-electron chi connectivity index (χ0n) is 8.58. The van der Waals surface area contributed by atoms with Gasteiger partial charge in [-0.1, -0.05) is 13.8 Å². The molecule has 0 fully saturated rings. The number of hydrogen-bond acceptors (Lipinski definition) is 4. The maximum Gasteiger partial charge on any atom is 0.309 e. The number of carbonyl (C=O) groups excluding carboxylic acids is 1. The van der Waals surface area contributed by atoms with E-state index in [-0.39, 0.29) is 17.9 Å². The minimum atomic E-state index is -0.141. The highest BCUT2D eigenvalue weighted by atomic mass is 32.2. The van der Waals surface area contributed by atoms with Crippen molar-refractivity contribution in [2.24, 2.45) is 11.7 Å². The third kappa shape index (κ3) is 5.93. The highest BCUT2D eigenvalue weighted by Crippen LogP contribution is 2.11. The van der Waals surface area contributed by atoms with Crippen molar-refractivity contribution in [1.82, 2.24) is 0 Å². The van der Waals surface area contributed by atoms with Crippen LogP contribution in [0.3, 0.4) is 0 Å². The van der Waals surface area contributed by atoms with Gasteiger partial charge in [0.25, 0.3) is 0 Å². The highest BCUT2D eigenvalue weighted by molar-refractivity contribution is 7.99. The molecule has 0 spiro atoms. The van der Waals surface area contributed by atoms with Crippen LogP contribution in [0.5, 0.6) is 0 Å². The van der Waals surface area contributed by atoms with Gasteiger partial charge < -0.3 is 10.5 Å². The molecule has 0 aromatic carbocycles. The van der Waals surface area contributed by atoms with Crippen LogP contribution < -0.4 is 5.73 Å². The number of methoxy groups -OCH3 is 1. The van der Waals surface area contributed by atoms with E-state index in [9.17, 15) is 4.79 Å². The van der Waals surface area contributed by atoms with Crippen molar-refractivity contribution in [3.05, 3.63) is 0 Å². The van der Waals surface area contributed by atoms with Gasteiger partial charge in [0, 0.05) is 17.5 Å². The Morgan fingerprint density at radius 3 is 2.62 bits per heavy atom. The molecule has 0 radical (unpaired) electrons. The predicted octanol–water partition coefficient (Wildman–Crippen LogP) is 1.27. The van der Waals surface area contributed by atoms with Crippen LogP contribution in [0.2, 0.25) is 0 Å². The minimum Gasteiger partial charge on any atom is -0.469 e. The molecule has 13 heavy (non-hydrogen) atoms. The molecule has 0 bridgehead atoms. The van der Waals surface area contributed by atoms with E-state index in [1.807, 2.05) is 6.92 Å². The normalized spacial score (nSPS) is 15.1. The topological polar surface area (TPSA) is 52.3 Å². The summed E-state index contributed by atoms with van der Waals surface area (Å²) in [7, 11) is 1.42. The number of nitrogens with two attached hydrogens (primary N) is 1. The first-order chi connectivity index (χ1) is 6.11. The lowest BCUT2D eigenvalue weighted by atomic mass is 10.2. The van der Waals surface area contributed by atoms with Gasteiger partial charge in [-0.25, -0.2) is 0 Å². The summed E-state index contributed by atoms with van der Waals surface area (Å²) < 4.78 is 4.61. The number of carbonyl (C=O) groups is 1. The van der Waals surface area contributed by atoms with Crippen molar-refractivity contribution < 1.29 is 9.53 Å². The van der Waals surface area contributed by atoms with Gasteiger partial charge in [0.2, 0.25) is 0 Å². The Kier molecular flexibility index (Phi) is 7.09. The Hall–Kier alpha value is -0.220. The first-order valence-electron chi connectivity index (χ1n) is 4.53. The molecule has 0 rings (SSSR count). The average molecular weight is 205 g/mol. The predicted molar refractivity (Wildman–Crippen MR) is 56.8 cm³/mol. The molecule has 0 aromatic rings. The zero-order valence-corrected chi connectivity index (χ0v) is 9.39. The molecule has 2 atom stereocenters. The van der Waals surface area contributed by atoms with Gasteiger partial charge in [0.05, 0.1) is 13.0 Å². The van der Waals surface area contributed by atoms with E-state index in [4.69, 9.17) is 5.73 Å². The van der Waals surface area contributed by atoms with E-state index in [0.717, 1.165) is 17.9 Å². The Balaban J connectivity index is 3.47. The molecule has 2 N–H and O–H groups in total. The highest BCUT2D eigenvalue weighted by Gasteiger charge is 2.12. The van der Waals surface area contributed by atoms with Crippen LogP contribution in [-0.2, 0) is 9.53 Å². The third-order valence-corrected chi connectivity index (χ3v) is 3.23. The molecule has 3 nitrogen and oxygen atoms in total. The molecule has 0 aliphatic carbocycles. The van der Waals surface area contributed by atoms with Crippen molar-refractivity contribution in [3.8, 4) is 0 Å². The van der Waals surface area contributed by atoms with Gasteiger partial charge in [-0.3, -0.25) is 4.79 Å². The number of hydrogen-bond donors (Lipinski definition) is 1. The summed E-state index contributed by atoms with van der Waals surface area (Å²) in [6.45, 7) is 3.94. The lowest BCUT2D eigenvalue weighted by molar-refractivity contribution is -0.143. The van der Waals surface area contributed by atoms with Gasteiger partial charge in [-0.2, -0.15) is 11.8 Å². The second kappa shape index (κ2) is 7.21. The van der Waals surface area contributed by atoms with Crippen LogP contribution >= 0.6 is 11.8 Å². The van der Waals surface area contributed by atoms with Crippen molar-refractivity contribution in [1.29, 1.82) is 0 Å². The summed E-state index contributed by atoms with van der Waals surface area (Å²) >= 11 is 1.71. The fraction of sp³-hybridized carbons (Fsp3) is 0.889. The van der Waals surface area contributed by atoms with Crippen LogP contribution in [0.15, 0.2) is 0 Å². The van der Waals surface area contributed by atoms with Crippen molar-refractivity contribution >= 4 is 17.7 Å². The first kappa shape index (κ1) is 12.8. The second-order valence-corrected chi connectivity index (χ2v) is 4.20. The molecule has 4 heteroatoms. The summed E-state index contributed by atoms with van der Waals surface area (Å²) in [4.78, 5) is 11.0. The number of esters is 1. The van der Waals surface area contributed by atoms with Crippen LogP contribution in [0.4, 0.5) is 0 Å². The van der Waals surface area contributed by atoms with E-state index in [1.54, 1.807) is 11.8 Å². The van der Waals surface area contributed by atoms with Crippen LogP contribution in [-0.4, -0.2) is 30.6 Å². The monoisotopic (exact) mass is 205 g/mol. The van der Waals surface area contributed by atoms with Crippen LogP contribution in [0.25, 0.3) is 0 Å². The Morgan fingerprint density at radius 2 is 2.15 bits per heavy atom. The number of ether oxygens (including phenoxy) is 1. The molecule has 0 amide bonds. The average Bonchev–Trinajstić information content (AvgIpc) is 2.15. The summed E-state index contributed by atoms with van der Waals surface area (Å²) in [6, 6.07) is 0.245. The van der Waals surface area contributed by atoms with Crippen LogP contribution in [0.1, 0.15) is 20.3 Å². The third-order valence-electron chi connectivity index (χ3n) is 1.83. The smallest absolute Gasteiger partial charge is 0.309 e. The second-order valence-electron chi connectivity index (χ2n) is 3.13. The molecule has 0 heterocycles. The Labute approximate surface area is 84.4 Å². The number of thioether (sulfide) groups is 1. The molecular formula is C9H19NO2S. The molecule has 0 saturated heterocycles. The summed E-state index contributed by atoms with van der Waals surface area (Å²) in [6.07, 6.45) is 0.986. The standard InChI is InChI=1S/C9H19NO2S/c1-4-8(10)6-13-5-7(2)9(11)12-3/h7-8H,4-6,10H2,1-3H3. The lowest BCUT2D eigenvalue weighted by Crippen LogP contribution is -2.23. The molecular weight excluding hydrogens is 186 g/mol. The molecule has 0 aliphatic rings. The van der Waals surface area contributed by atoms with Gasteiger partial charge in [0.1, 0.15) is 0 Å². The van der Waals surface area contributed by atoms with Crippen molar-refractivity contribution in [3.63, 3.8) is 0 Å². The maximum absolute atomic E-state index is 11.0. The van der Waals surface area contributed by atoms with Gasteiger partial charge in [-0.05, 0) is 6.42 Å². The molecule has 78 valence electrons. The number of rotatable bonds is 6. The van der Waals surface area contributed by atoms with Gasteiger partial charge >= 0.3 is 5.97 Å². The Morgan fingerprint density at radius 1 is 1.54 bits per heavy atom. The van der Waals surface area contributed by atoms with E-state index in [1.165, 1.54) is 7.11 Å². The largest absolute Gasteiger partial charge is 0.469 e. The molecule has 0 aliphatic heterocycles. The van der Waals surface area contributed by atoms with E-state index >= 15 is 0 Å². The quantitative estimate of drug-likeness (QED) is 0.663. The first-order valence-corrected chi connectivity index (χ1v) is 5.68. The van der Waals surface area contributed by atoms with E-state index in [0.29, 0.717) is 0 Å². The fourth-order valence-corrected chi connectivity index (χ4v) is 1.95. The molecule has 0 aromatic heterocycles. The van der Waals surface area contributed by atoms with E-state index in [2.05, 4.69) is 11.7 Å². The lowest BCUT2D eigenvalue weighted by Gasteiger charge is -2.11. The summed E-state index contributed by atoms with van der Waals surface area (Å²) in [5, 5.41) is 0. The van der Waals surface area contributed by atoms with Gasteiger partial charge in [0.15, 0.2) is 0 Å². The fourth-order valence-electron chi connectivity index (χ4n) is 0.783. The maximum atomic E-state index is 11.0. The van der Waals surface area contributed by atoms with Gasteiger partial charge in [-0.15, -0.1) is 0 Å². The Bertz CT molecular complexity index is 153. The van der Waals surface area contributed by atoms with Crippen LogP contribution in [0, 0.1) is 5.92 Å². The molecule has 0 saturated carbocycles. The van der Waals surface area contributed by atoms with Crippen molar-refractivity contribution in [2.45, 2.75) is 26.3 Å². The SMILES string of the molecule is CCC(N)CSCC(C)C(=O)OC. The minimum absolute atomic E-state index is 0.0287. The summed E-state index contributed by atoms with van der Waals surface area (Å²) in [5.41, 5.74) is 5.73. The zero-order chi connectivity index (χ0) is 10.3.